The maximum absolute atomic E-state index is 2.38. The summed E-state index contributed by atoms with van der Waals surface area (Å²) in [5.74, 6) is 0.668. The van der Waals surface area contributed by atoms with Gasteiger partial charge in [-0.05, 0) is 0 Å². The van der Waals surface area contributed by atoms with Crippen molar-refractivity contribution in [3.63, 3.8) is 0 Å². The topological polar surface area (TPSA) is 0 Å². The van der Waals surface area contributed by atoms with Gasteiger partial charge in [0.2, 0.25) is 0 Å². The second-order valence-corrected chi connectivity index (χ2v) is 10.1. The summed E-state index contributed by atoms with van der Waals surface area (Å²) in [4.78, 5) is 0. The molecule has 0 unspecified atom stereocenters. The van der Waals surface area contributed by atoms with Gasteiger partial charge < -0.3 is 0 Å². The van der Waals surface area contributed by atoms with Crippen molar-refractivity contribution in [3.05, 3.63) is 80.7 Å². The van der Waals surface area contributed by atoms with Gasteiger partial charge in [-0.25, -0.2) is 0 Å². The molecule has 4 rings (SSSR count). The molecule has 0 fully saturated rings. The van der Waals surface area contributed by atoms with Gasteiger partial charge in [0.15, 0.2) is 0 Å². The predicted octanol–water partition coefficient (Wildman–Crippen LogP) is 5.71. The van der Waals surface area contributed by atoms with E-state index in [0.717, 1.165) is 0 Å². The van der Waals surface area contributed by atoms with Gasteiger partial charge in [0.1, 0.15) is 0 Å². The normalized spacial score (nSPS) is 16.3. The molecule has 0 aliphatic heterocycles. The second kappa shape index (κ2) is 5.78. The van der Waals surface area contributed by atoms with Crippen LogP contribution in [0.4, 0.5) is 0 Å². The van der Waals surface area contributed by atoms with E-state index in [4.69, 9.17) is 0 Å². The summed E-state index contributed by atoms with van der Waals surface area (Å²) in [6.45, 7) is 4.67. The zero-order valence-electron chi connectivity index (χ0n) is 13.1. The van der Waals surface area contributed by atoms with Gasteiger partial charge >= 0.3 is 145 Å². The molecule has 0 atom stereocenters. The molecule has 0 spiro atoms. The van der Waals surface area contributed by atoms with Crippen molar-refractivity contribution in [2.45, 2.75) is 23.9 Å². The molecule has 0 nitrogen and oxygen atoms in total. The minimum absolute atomic E-state index is 0.659. The summed E-state index contributed by atoms with van der Waals surface area (Å²) >= 11 is -0.659. The van der Waals surface area contributed by atoms with E-state index >= 15 is 0 Å². The molecule has 2 aliphatic carbocycles. The van der Waals surface area contributed by atoms with E-state index in [9.17, 15) is 0 Å². The van der Waals surface area contributed by atoms with E-state index in [1.165, 1.54) is 17.5 Å². The van der Waals surface area contributed by atoms with Gasteiger partial charge in [-0.15, -0.1) is 0 Å². The van der Waals surface area contributed by atoms with Gasteiger partial charge in [0, 0.05) is 0 Å². The van der Waals surface area contributed by atoms with E-state index in [2.05, 4.69) is 74.5 Å². The fraction of sp³-hybridized carbons (Fsp3) is 0.238. The third kappa shape index (κ3) is 2.31. The molecule has 2 aromatic carbocycles. The van der Waals surface area contributed by atoms with Crippen molar-refractivity contribution in [2.75, 3.05) is 0 Å². The van der Waals surface area contributed by atoms with Crippen LogP contribution in [-0.2, 0) is 23.2 Å². The summed E-state index contributed by atoms with van der Waals surface area (Å²) in [6.07, 6.45) is 5.96. The van der Waals surface area contributed by atoms with Crippen LogP contribution in [0, 0.1) is 5.92 Å². The molecule has 0 heterocycles. The van der Waals surface area contributed by atoms with Gasteiger partial charge in [-0.1, -0.05) is 0 Å². The molecule has 0 bridgehead atoms. The Morgan fingerprint density at radius 1 is 0.909 bits per heavy atom. The van der Waals surface area contributed by atoms with Crippen molar-refractivity contribution in [1.82, 2.24) is 0 Å². The second-order valence-electron chi connectivity index (χ2n) is 6.45. The quantitative estimate of drug-likeness (QED) is 0.655. The van der Waals surface area contributed by atoms with Crippen LogP contribution in [0.1, 0.15) is 35.0 Å². The maximum atomic E-state index is 2.38. The molecular formula is C21H20Zr. The van der Waals surface area contributed by atoms with Crippen LogP contribution in [0.3, 0.4) is 0 Å². The summed E-state index contributed by atoms with van der Waals surface area (Å²) in [5, 5.41) is 0. The molecular weight excluding hydrogens is 343 g/mol. The van der Waals surface area contributed by atoms with Crippen LogP contribution < -0.4 is 0 Å². The number of fused-ring (bicyclic) bond motifs is 3. The number of hydrogen-bond acceptors (Lipinski definition) is 0. The van der Waals surface area contributed by atoms with Crippen molar-refractivity contribution in [3.8, 4) is 11.1 Å². The monoisotopic (exact) mass is 362 g/mol. The Morgan fingerprint density at radius 2 is 1.50 bits per heavy atom. The predicted molar refractivity (Wildman–Crippen MR) is 89.3 cm³/mol. The molecule has 0 amide bonds. The summed E-state index contributed by atoms with van der Waals surface area (Å²) in [5.41, 5.74) is 7.74. The number of benzene rings is 2. The first-order valence-corrected chi connectivity index (χ1v) is 10.7. The third-order valence-corrected chi connectivity index (χ3v) is 9.05. The van der Waals surface area contributed by atoms with Crippen LogP contribution in [0.2, 0.25) is 0 Å². The van der Waals surface area contributed by atoms with Gasteiger partial charge in [-0.2, -0.15) is 0 Å². The van der Waals surface area contributed by atoms with E-state index in [0.29, 0.717) is 9.54 Å². The molecule has 2 aliphatic rings. The van der Waals surface area contributed by atoms with E-state index in [1.807, 2.05) is 0 Å². The van der Waals surface area contributed by atoms with Gasteiger partial charge in [0.25, 0.3) is 0 Å². The zero-order chi connectivity index (χ0) is 15.1. The van der Waals surface area contributed by atoms with Crippen molar-refractivity contribution in [1.29, 1.82) is 0 Å². The average molecular weight is 364 g/mol. The number of rotatable bonds is 3. The van der Waals surface area contributed by atoms with Crippen LogP contribution in [0.15, 0.2) is 69.5 Å². The molecule has 22 heavy (non-hydrogen) atoms. The molecule has 0 N–H and O–H groups in total. The summed E-state index contributed by atoms with van der Waals surface area (Å²) < 4.78 is 2.50. The van der Waals surface area contributed by atoms with Crippen LogP contribution >= 0.6 is 0 Å². The first-order chi connectivity index (χ1) is 10.8. The number of hydrogen-bond donors (Lipinski definition) is 0. The Morgan fingerprint density at radius 3 is 2.09 bits per heavy atom. The van der Waals surface area contributed by atoms with Crippen LogP contribution in [0.25, 0.3) is 11.1 Å². The van der Waals surface area contributed by atoms with Crippen molar-refractivity contribution < 1.29 is 23.2 Å². The van der Waals surface area contributed by atoms with E-state index < -0.39 is 23.2 Å². The Bertz CT molecular complexity index is 734. The first-order valence-electron chi connectivity index (χ1n) is 8.10. The molecule has 0 saturated carbocycles. The van der Waals surface area contributed by atoms with Crippen molar-refractivity contribution >= 4 is 0 Å². The van der Waals surface area contributed by atoms with E-state index in [-0.39, 0.29) is 0 Å². The fourth-order valence-corrected chi connectivity index (χ4v) is 8.45. The molecule has 0 saturated heterocycles. The van der Waals surface area contributed by atoms with Gasteiger partial charge in [-0.3, -0.25) is 0 Å². The Hall–Kier alpha value is -1.20. The average Bonchev–Trinajstić information content (AvgIpc) is 3.12. The molecule has 2 aromatic rings. The fourth-order valence-electron chi connectivity index (χ4n) is 3.69. The van der Waals surface area contributed by atoms with E-state index in [1.54, 1.807) is 20.0 Å². The molecule has 1 heteroatoms. The molecule has 0 radical (unpaired) electrons. The summed E-state index contributed by atoms with van der Waals surface area (Å²) in [7, 11) is 0. The number of allylic oxidation sites excluding steroid dienone is 4. The Balaban J connectivity index is 1.78. The van der Waals surface area contributed by atoms with Crippen LogP contribution in [0.5, 0.6) is 0 Å². The first kappa shape index (κ1) is 14.4. The molecule has 108 valence electrons. The Labute approximate surface area is 144 Å². The molecule has 0 aromatic heterocycles. The zero-order valence-corrected chi connectivity index (χ0v) is 15.6. The SMILES string of the molecule is CC(C)C1=[C]([Zr][CH]2c3ccccc3-c3ccccc32)CC=C1. The van der Waals surface area contributed by atoms with Crippen molar-refractivity contribution in [2.24, 2.45) is 5.92 Å². The standard InChI is InChI=1S/C13H9.C8H11.Zr/c1-3-7-12-10(5-1)9-11-6-2-4-8-13(11)12;1-7(2)8-5-3-4-6-8;/h1-9H;3,5,7H,4H2,1-2H3;. The summed E-state index contributed by atoms with van der Waals surface area (Å²) in [6, 6.07) is 18.1. The Kier molecular flexibility index (Phi) is 3.78. The minimum atomic E-state index is -0.659. The third-order valence-electron chi connectivity index (χ3n) is 4.74. The van der Waals surface area contributed by atoms with Crippen LogP contribution in [-0.4, -0.2) is 0 Å². The van der Waals surface area contributed by atoms with Gasteiger partial charge in [0.05, 0.1) is 0 Å².